The lowest BCUT2D eigenvalue weighted by Crippen LogP contribution is -2.33. The zero-order chi connectivity index (χ0) is 15.7. The molecule has 0 aliphatic rings. The molecule has 1 rings (SSSR count). The molecular weight excluding hydrogens is 272 g/mol. The standard InChI is InChI=1S/C14H22N4O3/c1-10(2)12(19)8-17-14(21)4-3-13(20)16-6-5-11-7-15-9-18-11/h7,9-10H,3-6,8H2,1-2H3,(H,15,18)(H,16,20)(H,17,21). The van der Waals surface area contributed by atoms with Crippen molar-refractivity contribution in [3.8, 4) is 0 Å². The van der Waals surface area contributed by atoms with Crippen LogP contribution in [0.15, 0.2) is 12.5 Å². The molecule has 1 aromatic rings. The van der Waals surface area contributed by atoms with Gasteiger partial charge in [-0.25, -0.2) is 4.98 Å². The molecule has 0 aromatic carbocycles. The molecule has 1 heterocycles. The van der Waals surface area contributed by atoms with Crippen LogP contribution in [-0.4, -0.2) is 40.7 Å². The van der Waals surface area contributed by atoms with Crippen LogP contribution in [0.2, 0.25) is 0 Å². The maximum Gasteiger partial charge on any atom is 0.220 e. The van der Waals surface area contributed by atoms with Gasteiger partial charge < -0.3 is 15.6 Å². The van der Waals surface area contributed by atoms with E-state index in [1.54, 1.807) is 26.4 Å². The van der Waals surface area contributed by atoms with Gasteiger partial charge >= 0.3 is 0 Å². The van der Waals surface area contributed by atoms with E-state index in [1.165, 1.54) is 0 Å². The third kappa shape index (κ3) is 7.24. The highest BCUT2D eigenvalue weighted by Gasteiger charge is 2.10. The number of aromatic nitrogens is 2. The molecule has 2 amide bonds. The summed E-state index contributed by atoms with van der Waals surface area (Å²) in [6.07, 6.45) is 4.15. The number of nitrogens with one attached hydrogen (secondary N) is 3. The van der Waals surface area contributed by atoms with Crippen LogP contribution in [0.5, 0.6) is 0 Å². The summed E-state index contributed by atoms with van der Waals surface area (Å²) in [7, 11) is 0. The van der Waals surface area contributed by atoms with Crippen molar-refractivity contribution in [1.82, 2.24) is 20.6 Å². The van der Waals surface area contributed by atoms with Crippen LogP contribution in [0.1, 0.15) is 32.4 Å². The lowest BCUT2D eigenvalue weighted by molar-refractivity contribution is -0.128. The molecule has 21 heavy (non-hydrogen) atoms. The Bertz CT molecular complexity index is 469. The van der Waals surface area contributed by atoms with E-state index in [9.17, 15) is 14.4 Å². The molecule has 0 saturated heterocycles. The zero-order valence-corrected chi connectivity index (χ0v) is 12.4. The van der Waals surface area contributed by atoms with Gasteiger partial charge in [0.15, 0.2) is 5.78 Å². The Morgan fingerprint density at radius 3 is 2.43 bits per heavy atom. The van der Waals surface area contributed by atoms with Crippen molar-refractivity contribution in [2.45, 2.75) is 33.1 Å². The van der Waals surface area contributed by atoms with Crippen LogP contribution in [0.3, 0.4) is 0 Å². The largest absolute Gasteiger partial charge is 0.356 e. The third-order valence-corrected chi connectivity index (χ3v) is 2.95. The average Bonchev–Trinajstić information content (AvgIpc) is 2.95. The number of rotatable bonds is 9. The minimum atomic E-state index is -0.285. The second-order valence-electron chi connectivity index (χ2n) is 5.07. The van der Waals surface area contributed by atoms with Gasteiger partial charge in [-0.1, -0.05) is 13.8 Å². The average molecular weight is 294 g/mol. The van der Waals surface area contributed by atoms with Crippen LogP contribution in [0, 0.1) is 5.92 Å². The second kappa shape index (κ2) is 8.89. The Labute approximate surface area is 123 Å². The van der Waals surface area contributed by atoms with Gasteiger partial charge in [0, 0.05) is 43.6 Å². The lowest BCUT2D eigenvalue weighted by Gasteiger charge is -2.07. The van der Waals surface area contributed by atoms with Gasteiger partial charge in [0.2, 0.25) is 11.8 Å². The first kappa shape index (κ1) is 16.9. The molecule has 0 radical (unpaired) electrons. The number of carbonyl (C=O) groups is 3. The van der Waals surface area contributed by atoms with Gasteiger partial charge in [-0.3, -0.25) is 14.4 Å². The molecular formula is C14H22N4O3. The topological polar surface area (TPSA) is 104 Å². The van der Waals surface area contributed by atoms with E-state index in [2.05, 4.69) is 20.6 Å². The third-order valence-electron chi connectivity index (χ3n) is 2.95. The fourth-order valence-electron chi connectivity index (χ4n) is 1.55. The Hall–Kier alpha value is -2.18. The van der Waals surface area contributed by atoms with Crippen molar-refractivity contribution in [2.24, 2.45) is 5.92 Å². The number of hydrogen-bond acceptors (Lipinski definition) is 4. The van der Waals surface area contributed by atoms with Gasteiger partial charge in [0.05, 0.1) is 12.9 Å². The molecule has 0 saturated carbocycles. The number of aromatic amines is 1. The fraction of sp³-hybridized carbons (Fsp3) is 0.571. The van der Waals surface area contributed by atoms with Crippen molar-refractivity contribution >= 4 is 17.6 Å². The zero-order valence-electron chi connectivity index (χ0n) is 12.4. The first-order valence-corrected chi connectivity index (χ1v) is 7.02. The molecule has 7 nitrogen and oxygen atoms in total. The Kier molecular flexibility index (Phi) is 7.14. The van der Waals surface area contributed by atoms with Crippen LogP contribution < -0.4 is 10.6 Å². The molecule has 1 aromatic heterocycles. The highest BCUT2D eigenvalue weighted by atomic mass is 16.2. The van der Waals surface area contributed by atoms with Gasteiger partial charge in [0.25, 0.3) is 0 Å². The first-order chi connectivity index (χ1) is 9.99. The lowest BCUT2D eigenvalue weighted by atomic mass is 10.1. The van der Waals surface area contributed by atoms with E-state index in [0.29, 0.717) is 13.0 Å². The predicted molar refractivity (Wildman–Crippen MR) is 77.4 cm³/mol. The van der Waals surface area contributed by atoms with Crippen molar-refractivity contribution in [3.05, 3.63) is 18.2 Å². The maximum atomic E-state index is 11.5. The van der Waals surface area contributed by atoms with Gasteiger partial charge in [0.1, 0.15) is 0 Å². The highest BCUT2D eigenvalue weighted by molar-refractivity contribution is 5.88. The number of imidazole rings is 1. The van der Waals surface area contributed by atoms with Crippen molar-refractivity contribution in [1.29, 1.82) is 0 Å². The summed E-state index contributed by atoms with van der Waals surface area (Å²) >= 11 is 0. The summed E-state index contributed by atoms with van der Waals surface area (Å²) in [5.74, 6) is -0.587. The molecule has 0 spiro atoms. The minimum absolute atomic E-state index is 0.0210. The summed E-state index contributed by atoms with van der Waals surface area (Å²) in [6.45, 7) is 4.08. The Morgan fingerprint density at radius 1 is 1.19 bits per heavy atom. The van der Waals surface area contributed by atoms with Crippen LogP contribution in [0.4, 0.5) is 0 Å². The Morgan fingerprint density at radius 2 is 1.86 bits per heavy atom. The van der Waals surface area contributed by atoms with Crippen molar-refractivity contribution in [2.75, 3.05) is 13.1 Å². The molecule has 7 heteroatoms. The number of H-pyrrole nitrogens is 1. The normalized spacial score (nSPS) is 10.4. The molecule has 0 atom stereocenters. The van der Waals surface area contributed by atoms with Crippen LogP contribution in [-0.2, 0) is 20.8 Å². The fourth-order valence-corrected chi connectivity index (χ4v) is 1.55. The van der Waals surface area contributed by atoms with E-state index < -0.39 is 0 Å². The predicted octanol–water partition coefficient (Wildman–Crippen LogP) is 0.190. The van der Waals surface area contributed by atoms with Crippen molar-refractivity contribution in [3.63, 3.8) is 0 Å². The second-order valence-corrected chi connectivity index (χ2v) is 5.07. The number of amides is 2. The maximum absolute atomic E-state index is 11.5. The summed E-state index contributed by atoms with van der Waals surface area (Å²) in [6, 6.07) is 0. The number of nitrogens with zero attached hydrogens (tertiary/aromatic N) is 1. The quantitative estimate of drug-likeness (QED) is 0.604. The summed E-state index contributed by atoms with van der Waals surface area (Å²) in [5.41, 5.74) is 0.945. The highest BCUT2D eigenvalue weighted by Crippen LogP contribution is 1.95. The molecule has 0 aliphatic heterocycles. The summed E-state index contributed by atoms with van der Waals surface area (Å²) < 4.78 is 0. The molecule has 3 N–H and O–H groups in total. The van der Waals surface area contributed by atoms with E-state index in [4.69, 9.17) is 0 Å². The van der Waals surface area contributed by atoms with Crippen molar-refractivity contribution < 1.29 is 14.4 Å². The first-order valence-electron chi connectivity index (χ1n) is 7.02. The van der Waals surface area contributed by atoms with E-state index in [0.717, 1.165) is 5.69 Å². The van der Waals surface area contributed by atoms with Crippen LogP contribution >= 0.6 is 0 Å². The number of Topliss-reactive ketones (excluding diaryl/α,β-unsaturated/α-hetero) is 1. The molecule has 0 fully saturated rings. The van der Waals surface area contributed by atoms with Gasteiger partial charge in [-0.05, 0) is 0 Å². The monoisotopic (exact) mass is 294 g/mol. The van der Waals surface area contributed by atoms with E-state index in [1.807, 2.05) is 0 Å². The van der Waals surface area contributed by atoms with Gasteiger partial charge in [-0.2, -0.15) is 0 Å². The number of ketones is 1. The summed E-state index contributed by atoms with van der Waals surface area (Å²) in [5, 5.41) is 5.24. The molecule has 0 aliphatic carbocycles. The molecule has 0 unspecified atom stereocenters. The SMILES string of the molecule is CC(C)C(=O)CNC(=O)CCC(=O)NCCc1cnc[nH]1. The minimum Gasteiger partial charge on any atom is -0.356 e. The van der Waals surface area contributed by atoms with E-state index in [-0.39, 0.29) is 42.9 Å². The van der Waals surface area contributed by atoms with Crippen LogP contribution in [0.25, 0.3) is 0 Å². The number of hydrogen-bond donors (Lipinski definition) is 3. The Balaban J connectivity index is 2.09. The molecule has 116 valence electrons. The molecule has 0 bridgehead atoms. The number of carbonyl (C=O) groups excluding carboxylic acids is 3. The summed E-state index contributed by atoms with van der Waals surface area (Å²) in [4.78, 5) is 41.2. The smallest absolute Gasteiger partial charge is 0.220 e. The van der Waals surface area contributed by atoms with Gasteiger partial charge in [-0.15, -0.1) is 0 Å². The van der Waals surface area contributed by atoms with E-state index >= 15 is 0 Å².